The molecule has 0 spiro atoms. The predicted molar refractivity (Wildman–Crippen MR) is 81.1 cm³/mol. The first-order valence-corrected chi connectivity index (χ1v) is 8.35. The van der Waals surface area contributed by atoms with Gasteiger partial charge in [0.05, 0.1) is 4.90 Å². The Morgan fingerprint density at radius 1 is 1.10 bits per heavy atom. The van der Waals surface area contributed by atoms with Crippen molar-refractivity contribution in [2.45, 2.75) is 18.7 Å². The minimum Gasteiger partial charge on any atom is -0.297 e. The Kier molecular flexibility index (Phi) is 4.96. The summed E-state index contributed by atoms with van der Waals surface area (Å²) < 4.78 is 26.5. The van der Waals surface area contributed by atoms with Crippen LogP contribution in [0.5, 0.6) is 0 Å². The summed E-state index contributed by atoms with van der Waals surface area (Å²) in [6.45, 7) is 7.77. The van der Waals surface area contributed by atoms with E-state index >= 15 is 0 Å². The van der Waals surface area contributed by atoms with E-state index in [2.05, 4.69) is 24.8 Å². The summed E-state index contributed by atoms with van der Waals surface area (Å²) in [5.74, 6) is 0. The van der Waals surface area contributed by atoms with Crippen molar-refractivity contribution in [3.63, 3.8) is 0 Å². The third-order valence-corrected chi connectivity index (χ3v) is 5.38. The zero-order valence-corrected chi connectivity index (χ0v) is 12.9. The molecule has 0 atom stereocenters. The topological polar surface area (TPSA) is 40.6 Å². The first kappa shape index (κ1) is 15.2. The minimum absolute atomic E-state index is 0.387. The molecule has 0 radical (unpaired) electrons. The van der Waals surface area contributed by atoms with Crippen LogP contribution in [0.1, 0.15) is 13.8 Å². The summed E-state index contributed by atoms with van der Waals surface area (Å²) in [6, 6.07) is 8.67. The molecule has 0 N–H and O–H groups in total. The van der Waals surface area contributed by atoms with Gasteiger partial charge in [-0.2, -0.15) is 4.31 Å². The molecular formula is C15H22N2O2S. The maximum Gasteiger partial charge on any atom is 0.243 e. The molecule has 1 heterocycles. The van der Waals surface area contributed by atoms with Crippen LogP contribution in [0.15, 0.2) is 46.9 Å². The summed E-state index contributed by atoms with van der Waals surface area (Å²) in [4.78, 5) is 2.67. The van der Waals surface area contributed by atoms with Crippen LogP contribution in [-0.4, -0.2) is 50.3 Å². The normalized spacial score (nSPS) is 17.9. The van der Waals surface area contributed by atoms with E-state index in [-0.39, 0.29) is 0 Å². The number of nitrogens with zero attached hydrogens (tertiary/aromatic N) is 2. The van der Waals surface area contributed by atoms with Gasteiger partial charge in [0.25, 0.3) is 0 Å². The van der Waals surface area contributed by atoms with Crippen molar-refractivity contribution in [3.05, 3.63) is 42.0 Å². The van der Waals surface area contributed by atoms with Gasteiger partial charge in [-0.3, -0.25) is 4.90 Å². The summed E-state index contributed by atoms with van der Waals surface area (Å²) >= 11 is 0. The van der Waals surface area contributed by atoms with E-state index in [4.69, 9.17) is 0 Å². The lowest BCUT2D eigenvalue weighted by Crippen LogP contribution is -2.48. The average Bonchev–Trinajstić information content (AvgIpc) is 2.46. The first-order valence-electron chi connectivity index (χ1n) is 6.91. The van der Waals surface area contributed by atoms with Gasteiger partial charge in [0.1, 0.15) is 0 Å². The molecule has 0 amide bonds. The summed E-state index contributed by atoms with van der Waals surface area (Å²) in [7, 11) is -3.33. The fourth-order valence-corrected chi connectivity index (χ4v) is 3.65. The molecule has 1 aromatic carbocycles. The van der Waals surface area contributed by atoms with Gasteiger partial charge in [-0.05, 0) is 26.0 Å². The minimum atomic E-state index is -3.33. The lowest BCUT2D eigenvalue weighted by Gasteiger charge is -2.33. The van der Waals surface area contributed by atoms with Crippen LogP contribution in [0, 0.1) is 0 Å². The van der Waals surface area contributed by atoms with E-state index in [0.717, 1.165) is 19.6 Å². The van der Waals surface area contributed by atoms with Crippen molar-refractivity contribution in [2.75, 3.05) is 32.7 Å². The molecule has 1 aliphatic heterocycles. The number of piperazine rings is 1. The smallest absolute Gasteiger partial charge is 0.243 e. The Hall–Kier alpha value is -1.17. The second-order valence-electron chi connectivity index (χ2n) is 5.30. The monoisotopic (exact) mass is 294 g/mol. The average molecular weight is 294 g/mol. The molecule has 1 aliphatic rings. The Balaban J connectivity index is 1.99. The van der Waals surface area contributed by atoms with Gasteiger partial charge >= 0.3 is 0 Å². The van der Waals surface area contributed by atoms with Gasteiger partial charge in [0.2, 0.25) is 10.0 Å². The van der Waals surface area contributed by atoms with Crippen LogP contribution in [0.3, 0.4) is 0 Å². The quantitative estimate of drug-likeness (QED) is 0.797. The third kappa shape index (κ3) is 3.69. The van der Waals surface area contributed by atoms with Crippen LogP contribution in [0.2, 0.25) is 0 Å². The van der Waals surface area contributed by atoms with Crippen LogP contribution in [0.4, 0.5) is 0 Å². The van der Waals surface area contributed by atoms with Gasteiger partial charge in [-0.15, -0.1) is 0 Å². The molecular weight excluding hydrogens is 272 g/mol. The molecule has 0 aliphatic carbocycles. The summed E-state index contributed by atoms with van der Waals surface area (Å²) in [5.41, 5.74) is 1.30. The van der Waals surface area contributed by atoms with E-state index in [1.807, 2.05) is 6.07 Å². The highest BCUT2D eigenvalue weighted by atomic mass is 32.2. The van der Waals surface area contributed by atoms with E-state index in [1.165, 1.54) is 5.57 Å². The molecule has 0 bridgehead atoms. The number of allylic oxidation sites excluding steroid dienone is 1. The lowest BCUT2D eigenvalue weighted by atomic mass is 10.3. The molecule has 4 nitrogen and oxygen atoms in total. The Bertz CT molecular complexity index is 555. The highest BCUT2D eigenvalue weighted by Crippen LogP contribution is 2.17. The molecule has 110 valence electrons. The van der Waals surface area contributed by atoms with Crippen molar-refractivity contribution >= 4 is 10.0 Å². The van der Waals surface area contributed by atoms with E-state index in [1.54, 1.807) is 28.6 Å². The lowest BCUT2D eigenvalue weighted by molar-refractivity contribution is 0.204. The van der Waals surface area contributed by atoms with E-state index < -0.39 is 10.0 Å². The molecule has 0 aromatic heterocycles. The highest BCUT2D eigenvalue weighted by molar-refractivity contribution is 7.89. The van der Waals surface area contributed by atoms with Gasteiger partial charge < -0.3 is 0 Å². The van der Waals surface area contributed by atoms with E-state index in [0.29, 0.717) is 18.0 Å². The highest BCUT2D eigenvalue weighted by Gasteiger charge is 2.27. The Morgan fingerprint density at radius 3 is 2.25 bits per heavy atom. The molecule has 1 aromatic rings. The third-order valence-electron chi connectivity index (χ3n) is 3.47. The molecule has 20 heavy (non-hydrogen) atoms. The van der Waals surface area contributed by atoms with Gasteiger partial charge in [0.15, 0.2) is 0 Å². The van der Waals surface area contributed by atoms with Gasteiger partial charge in [0, 0.05) is 32.7 Å². The zero-order chi connectivity index (χ0) is 14.6. The Morgan fingerprint density at radius 2 is 1.70 bits per heavy atom. The molecule has 1 saturated heterocycles. The molecule has 0 unspecified atom stereocenters. The van der Waals surface area contributed by atoms with Crippen molar-refractivity contribution in [1.82, 2.24) is 9.21 Å². The van der Waals surface area contributed by atoms with Crippen LogP contribution >= 0.6 is 0 Å². The van der Waals surface area contributed by atoms with Crippen molar-refractivity contribution in [1.29, 1.82) is 0 Å². The molecule has 1 fully saturated rings. The number of sulfonamides is 1. The largest absolute Gasteiger partial charge is 0.297 e. The number of benzene rings is 1. The van der Waals surface area contributed by atoms with Crippen LogP contribution in [-0.2, 0) is 10.0 Å². The SMILES string of the molecule is CC(C)=CCN1CCN(S(=O)(=O)c2ccccc2)CC1. The predicted octanol–water partition coefficient (Wildman–Crippen LogP) is 1.96. The zero-order valence-electron chi connectivity index (χ0n) is 12.1. The van der Waals surface area contributed by atoms with Crippen molar-refractivity contribution in [3.8, 4) is 0 Å². The van der Waals surface area contributed by atoms with Crippen molar-refractivity contribution < 1.29 is 8.42 Å². The van der Waals surface area contributed by atoms with Crippen LogP contribution < -0.4 is 0 Å². The van der Waals surface area contributed by atoms with Crippen molar-refractivity contribution in [2.24, 2.45) is 0 Å². The molecule has 2 rings (SSSR count). The second-order valence-corrected chi connectivity index (χ2v) is 7.24. The maximum absolute atomic E-state index is 12.5. The number of hydrogen-bond donors (Lipinski definition) is 0. The number of rotatable bonds is 4. The fraction of sp³-hybridized carbons (Fsp3) is 0.467. The first-order chi connectivity index (χ1) is 9.50. The number of hydrogen-bond acceptors (Lipinski definition) is 3. The summed E-state index contributed by atoms with van der Waals surface area (Å²) in [6.07, 6.45) is 2.18. The summed E-state index contributed by atoms with van der Waals surface area (Å²) in [5, 5.41) is 0. The van der Waals surface area contributed by atoms with Crippen LogP contribution in [0.25, 0.3) is 0 Å². The molecule has 0 saturated carbocycles. The fourth-order valence-electron chi connectivity index (χ4n) is 2.21. The molecule has 5 heteroatoms. The standard InChI is InChI=1S/C15H22N2O2S/c1-14(2)8-9-16-10-12-17(13-11-16)20(18,19)15-6-4-3-5-7-15/h3-8H,9-13H2,1-2H3. The van der Waals surface area contributed by atoms with Gasteiger partial charge in [-0.1, -0.05) is 29.8 Å². The maximum atomic E-state index is 12.5. The van der Waals surface area contributed by atoms with Gasteiger partial charge in [-0.25, -0.2) is 8.42 Å². The Labute approximate surface area is 121 Å². The second kappa shape index (κ2) is 6.52. The van der Waals surface area contributed by atoms with E-state index in [9.17, 15) is 8.42 Å².